The zero-order valence-electron chi connectivity index (χ0n) is 14.5. The first-order valence-electron chi connectivity index (χ1n) is 8.41. The summed E-state index contributed by atoms with van der Waals surface area (Å²) < 4.78 is 5.34. The predicted molar refractivity (Wildman–Crippen MR) is 107 cm³/mol. The molecule has 0 saturated carbocycles. The van der Waals surface area contributed by atoms with Gasteiger partial charge in [0, 0.05) is 32.6 Å². The Morgan fingerprint density at radius 3 is 2.61 bits per heavy atom. The van der Waals surface area contributed by atoms with Crippen LogP contribution in [-0.2, 0) is 6.42 Å². The third-order valence-electron chi connectivity index (χ3n) is 4.33. The predicted octanol–water partition coefficient (Wildman–Crippen LogP) is 2.73. The molecule has 6 heteroatoms. The second-order valence-electron chi connectivity index (χ2n) is 6.26. The maximum Gasteiger partial charge on any atom is 0.191 e. The number of hydrogen-bond donors (Lipinski definition) is 2. The summed E-state index contributed by atoms with van der Waals surface area (Å²) in [6.45, 7) is 8.83. The van der Waals surface area contributed by atoms with Crippen LogP contribution < -0.4 is 10.6 Å². The molecule has 0 bridgehead atoms. The quantitative estimate of drug-likeness (QED) is 0.394. The van der Waals surface area contributed by atoms with Gasteiger partial charge in [-0.3, -0.25) is 9.89 Å². The number of likely N-dealkylation sites (tertiary alicyclic amines) is 1. The second-order valence-corrected chi connectivity index (χ2v) is 6.26. The molecule has 1 aromatic rings. The first kappa shape index (κ1) is 20.3. The highest BCUT2D eigenvalue weighted by molar-refractivity contribution is 14.0. The van der Waals surface area contributed by atoms with Crippen LogP contribution in [0.5, 0.6) is 0 Å². The van der Waals surface area contributed by atoms with E-state index in [2.05, 4.69) is 34.4 Å². The molecule has 1 aromatic heterocycles. The lowest BCUT2D eigenvalue weighted by atomic mass is 10.0. The number of nitrogens with zero attached hydrogens (tertiary/aromatic N) is 2. The summed E-state index contributed by atoms with van der Waals surface area (Å²) in [7, 11) is 1.82. The van der Waals surface area contributed by atoms with Gasteiger partial charge in [-0.15, -0.1) is 24.0 Å². The summed E-state index contributed by atoms with van der Waals surface area (Å²) in [5.74, 6) is 2.52. The lowest BCUT2D eigenvalue weighted by Gasteiger charge is -2.31. The maximum absolute atomic E-state index is 5.34. The number of guanidine groups is 1. The molecular weight excluding hydrogens is 403 g/mol. The molecule has 0 amide bonds. The van der Waals surface area contributed by atoms with Crippen molar-refractivity contribution in [3.8, 4) is 0 Å². The molecule has 23 heavy (non-hydrogen) atoms. The summed E-state index contributed by atoms with van der Waals surface area (Å²) in [5.41, 5.74) is 0. The van der Waals surface area contributed by atoms with E-state index in [1.165, 1.54) is 25.9 Å². The number of halogens is 1. The van der Waals surface area contributed by atoms with Crippen LogP contribution in [0.4, 0.5) is 0 Å². The Morgan fingerprint density at radius 2 is 2.04 bits per heavy atom. The molecule has 1 saturated heterocycles. The molecule has 5 nitrogen and oxygen atoms in total. The number of rotatable bonds is 7. The monoisotopic (exact) mass is 434 g/mol. The van der Waals surface area contributed by atoms with Gasteiger partial charge in [-0.25, -0.2) is 0 Å². The highest BCUT2D eigenvalue weighted by atomic mass is 127. The van der Waals surface area contributed by atoms with Crippen LogP contribution in [0.3, 0.4) is 0 Å². The van der Waals surface area contributed by atoms with Gasteiger partial charge in [0.15, 0.2) is 5.96 Å². The summed E-state index contributed by atoms with van der Waals surface area (Å²) in [6, 6.07) is 4.50. The minimum atomic E-state index is 0. The van der Waals surface area contributed by atoms with Crippen molar-refractivity contribution in [2.45, 2.75) is 39.2 Å². The summed E-state index contributed by atoms with van der Waals surface area (Å²) in [4.78, 5) is 6.92. The van der Waals surface area contributed by atoms with Crippen molar-refractivity contribution in [3.05, 3.63) is 24.2 Å². The molecule has 132 valence electrons. The van der Waals surface area contributed by atoms with Crippen molar-refractivity contribution < 1.29 is 4.42 Å². The largest absolute Gasteiger partial charge is 0.469 e. The topological polar surface area (TPSA) is 52.8 Å². The van der Waals surface area contributed by atoms with Crippen LogP contribution >= 0.6 is 24.0 Å². The van der Waals surface area contributed by atoms with Gasteiger partial charge in [-0.05, 0) is 44.0 Å². The molecule has 0 spiro atoms. The highest BCUT2D eigenvalue weighted by Crippen LogP contribution is 2.17. The maximum atomic E-state index is 5.34. The van der Waals surface area contributed by atoms with Crippen LogP contribution in [0.15, 0.2) is 27.8 Å². The Hall–Kier alpha value is -0.760. The van der Waals surface area contributed by atoms with E-state index in [4.69, 9.17) is 4.42 Å². The van der Waals surface area contributed by atoms with Gasteiger partial charge < -0.3 is 15.1 Å². The Morgan fingerprint density at radius 1 is 1.30 bits per heavy atom. The average Bonchev–Trinajstić information content (AvgIpc) is 3.18. The van der Waals surface area contributed by atoms with E-state index in [0.717, 1.165) is 31.2 Å². The van der Waals surface area contributed by atoms with Crippen LogP contribution in [0.25, 0.3) is 0 Å². The fourth-order valence-electron chi connectivity index (χ4n) is 3.04. The smallest absolute Gasteiger partial charge is 0.191 e. The minimum absolute atomic E-state index is 0. The van der Waals surface area contributed by atoms with Crippen LogP contribution in [0.2, 0.25) is 0 Å². The lowest BCUT2D eigenvalue weighted by Crippen LogP contribution is -2.48. The second kappa shape index (κ2) is 10.9. The highest BCUT2D eigenvalue weighted by Gasteiger charge is 2.24. The number of hydrogen-bond acceptors (Lipinski definition) is 3. The van der Waals surface area contributed by atoms with Gasteiger partial charge in [0.1, 0.15) is 5.76 Å². The molecule has 0 radical (unpaired) electrons. The van der Waals surface area contributed by atoms with Crippen molar-refractivity contribution in [2.24, 2.45) is 10.9 Å². The zero-order valence-corrected chi connectivity index (χ0v) is 16.9. The first-order chi connectivity index (χ1) is 10.7. The Bertz CT molecular complexity index is 441. The molecule has 2 rings (SSSR count). The average molecular weight is 434 g/mol. The molecule has 0 aromatic carbocycles. The normalized spacial score (nSPS) is 17.1. The van der Waals surface area contributed by atoms with Crippen molar-refractivity contribution in [1.82, 2.24) is 15.5 Å². The van der Waals surface area contributed by atoms with Gasteiger partial charge in [-0.1, -0.05) is 13.8 Å². The Kier molecular flexibility index (Phi) is 9.62. The zero-order chi connectivity index (χ0) is 15.8. The molecular formula is C17H31IN4O. The fraction of sp³-hybridized carbons (Fsp3) is 0.706. The molecule has 1 aliphatic rings. The van der Waals surface area contributed by atoms with Gasteiger partial charge in [-0.2, -0.15) is 0 Å². The minimum Gasteiger partial charge on any atom is -0.469 e. The SMILES string of the molecule is CN=C(NCCc1ccco1)NCC(C(C)C)N1CCCC1.I. The van der Waals surface area contributed by atoms with Crippen LogP contribution in [0.1, 0.15) is 32.4 Å². The molecule has 2 N–H and O–H groups in total. The molecule has 1 fully saturated rings. The van der Waals surface area contributed by atoms with Gasteiger partial charge >= 0.3 is 0 Å². The van der Waals surface area contributed by atoms with Crippen LogP contribution in [-0.4, -0.2) is 50.1 Å². The Labute approximate surface area is 157 Å². The third kappa shape index (κ3) is 6.71. The van der Waals surface area contributed by atoms with Gasteiger partial charge in [0.2, 0.25) is 0 Å². The molecule has 1 atom stereocenters. The van der Waals surface area contributed by atoms with E-state index in [-0.39, 0.29) is 24.0 Å². The van der Waals surface area contributed by atoms with E-state index in [9.17, 15) is 0 Å². The van der Waals surface area contributed by atoms with E-state index >= 15 is 0 Å². The van der Waals surface area contributed by atoms with Crippen molar-refractivity contribution in [1.29, 1.82) is 0 Å². The number of nitrogens with one attached hydrogen (secondary N) is 2. The summed E-state index contributed by atoms with van der Waals surface area (Å²) >= 11 is 0. The van der Waals surface area contributed by atoms with Crippen LogP contribution in [0, 0.1) is 5.92 Å². The lowest BCUT2D eigenvalue weighted by molar-refractivity contribution is 0.192. The summed E-state index contributed by atoms with van der Waals surface area (Å²) in [6.07, 6.45) is 5.25. The van der Waals surface area contributed by atoms with E-state index in [1.807, 2.05) is 19.2 Å². The molecule has 1 aliphatic heterocycles. The van der Waals surface area contributed by atoms with E-state index in [1.54, 1.807) is 6.26 Å². The van der Waals surface area contributed by atoms with Gasteiger partial charge in [0.25, 0.3) is 0 Å². The number of furan rings is 1. The molecule has 1 unspecified atom stereocenters. The standard InChI is InChI=1S/C17H30N4O.HI/c1-14(2)16(21-10-4-5-11-21)13-20-17(18-3)19-9-8-15-7-6-12-22-15;/h6-7,12,14,16H,4-5,8-11,13H2,1-3H3,(H2,18,19,20);1H. The van der Waals surface area contributed by atoms with Crippen molar-refractivity contribution in [2.75, 3.05) is 33.2 Å². The van der Waals surface area contributed by atoms with Crippen molar-refractivity contribution in [3.63, 3.8) is 0 Å². The summed E-state index contributed by atoms with van der Waals surface area (Å²) in [5, 5.41) is 6.83. The molecule has 0 aliphatic carbocycles. The third-order valence-corrected chi connectivity index (χ3v) is 4.33. The van der Waals surface area contributed by atoms with E-state index < -0.39 is 0 Å². The number of aliphatic imine (C=N–C) groups is 1. The fourth-order valence-corrected chi connectivity index (χ4v) is 3.04. The van der Waals surface area contributed by atoms with Crippen molar-refractivity contribution >= 4 is 29.9 Å². The van der Waals surface area contributed by atoms with Gasteiger partial charge in [0.05, 0.1) is 6.26 Å². The Balaban J connectivity index is 0.00000264. The first-order valence-corrected chi connectivity index (χ1v) is 8.41. The molecule has 2 heterocycles. The van der Waals surface area contributed by atoms with E-state index in [0.29, 0.717) is 12.0 Å².